The van der Waals surface area contributed by atoms with Crippen LogP contribution in [-0.2, 0) is 5.41 Å². The van der Waals surface area contributed by atoms with Crippen LogP contribution < -0.4 is 4.52 Å². The van der Waals surface area contributed by atoms with Gasteiger partial charge in [-0.15, -0.1) is 0 Å². The summed E-state index contributed by atoms with van der Waals surface area (Å²) >= 11 is 0. The van der Waals surface area contributed by atoms with Crippen molar-refractivity contribution in [3.8, 4) is 5.75 Å². The topological polar surface area (TPSA) is 35.5 Å². The molecule has 34 heavy (non-hydrogen) atoms. The highest BCUT2D eigenvalue weighted by Gasteiger charge is 2.20. The molecule has 0 saturated heterocycles. The Morgan fingerprint density at radius 2 is 1.09 bits per heavy atom. The predicted molar refractivity (Wildman–Crippen MR) is 143 cm³/mol. The van der Waals surface area contributed by atoms with Gasteiger partial charge in [-0.3, -0.25) is 0 Å². The normalized spacial score (nSPS) is 12.0. The molecule has 0 radical (unpaired) electrons. The molecule has 0 unspecified atom stereocenters. The van der Waals surface area contributed by atoms with Gasteiger partial charge < -0.3 is 12.9 Å². The summed E-state index contributed by atoms with van der Waals surface area (Å²) in [6, 6.07) is 33.2. The van der Waals surface area contributed by atoms with Gasteiger partial charge in [0.25, 0.3) is 0 Å². The summed E-state index contributed by atoms with van der Waals surface area (Å²) in [5.74, 6) is 0.785. The lowest BCUT2D eigenvalue weighted by Crippen LogP contribution is -2.11. The SMILES string of the molecule is CC(C)(C)c1ccccc1Op1oc2ccc3ccccc3c2c2c(ccc3ccccc32)o1. The molecule has 0 aliphatic carbocycles. The lowest BCUT2D eigenvalue weighted by atomic mass is 9.86. The van der Waals surface area contributed by atoms with Gasteiger partial charge in [-0.1, -0.05) is 99.6 Å². The highest BCUT2D eigenvalue weighted by atomic mass is 31.1. The van der Waals surface area contributed by atoms with Crippen LogP contribution in [0.1, 0.15) is 26.3 Å². The van der Waals surface area contributed by atoms with Crippen LogP contribution in [0.15, 0.2) is 105 Å². The highest BCUT2D eigenvalue weighted by molar-refractivity contribution is 7.32. The van der Waals surface area contributed by atoms with Crippen molar-refractivity contribution >= 4 is 51.7 Å². The molecule has 1 aromatic heterocycles. The quantitative estimate of drug-likeness (QED) is 0.256. The molecule has 1 heterocycles. The highest BCUT2D eigenvalue weighted by Crippen LogP contribution is 2.43. The first-order valence-corrected chi connectivity index (χ1v) is 12.6. The van der Waals surface area contributed by atoms with Crippen LogP contribution in [0, 0.1) is 0 Å². The molecule has 4 heteroatoms. The Labute approximate surface area is 199 Å². The van der Waals surface area contributed by atoms with E-state index in [4.69, 9.17) is 12.9 Å². The Bertz CT molecular complexity index is 1630. The van der Waals surface area contributed by atoms with Crippen LogP contribution in [0.5, 0.6) is 5.75 Å². The van der Waals surface area contributed by atoms with Gasteiger partial charge in [0.1, 0.15) is 16.9 Å². The van der Waals surface area contributed by atoms with E-state index in [9.17, 15) is 0 Å². The summed E-state index contributed by atoms with van der Waals surface area (Å²) in [6.45, 7) is 6.54. The Hall–Kier alpha value is -3.68. The number of para-hydroxylation sites is 1. The molecule has 0 amide bonds. The molecule has 168 valence electrons. The zero-order valence-electron chi connectivity index (χ0n) is 19.4. The molecule has 3 nitrogen and oxygen atoms in total. The molecule has 5 aromatic carbocycles. The van der Waals surface area contributed by atoms with Gasteiger partial charge in [0, 0.05) is 16.3 Å². The molecule has 0 aliphatic rings. The maximum Gasteiger partial charge on any atom is 0.453 e. The van der Waals surface area contributed by atoms with Gasteiger partial charge in [0.2, 0.25) is 0 Å². The molecule has 0 atom stereocenters. The second kappa shape index (κ2) is 7.97. The lowest BCUT2D eigenvalue weighted by Gasteiger charge is -2.21. The van der Waals surface area contributed by atoms with Gasteiger partial charge in [-0.25, -0.2) is 0 Å². The monoisotopic (exact) mass is 464 g/mol. The number of rotatable bonds is 2. The number of hydrogen-bond donors (Lipinski definition) is 0. The molecule has 0 fully saturated rings. The third-order valence-corrected chi connectivity index (χ3v) is 7.28. The van der Waals surface area contributed by atoms with Crippen molar-refractivity contribution in [2.45, 2.75) is 26.2 Å². The fourth-order valence-electron chi connectivity index (χ4n) is 4.63. The Morgan fingerprint density at radius 1 is 0.588 bits per heavy atom. The van der Waals surface area contributed by atoms with Crippen molar-refractivity contribution < 1.29 is 12.9 Å². The first-order valence-electron chi connectivity index (χ1n) is 11.5. The van der Waals surface area contributed by atoms with E-state index < -0.39 is 8.24 Å². The smallest absolute Gasteiger partial charge is 0.390 e. The zero-order chi connectivity index (χ0) is 23.3. The third-order valence-electron chi connectivity index (χ3n) is 6.25. The largest absolute Gasteiger partial charge is 0.453 e. The summed E-state index contributed by atoms with van der Waals surface area (Å²) in [4.78, 5) is 0. The zero-order valence-corrected chi connectivity index (χ0v) is 20.3. The average molecular weight is 465 g/mol. The van der Waals surface area contributed by atoms with E-state index in [1.54, 1.807) is 0 Å². The Kier molecular flexibility index (Phi) is 4.90. The van der Waals surface area contributed by atoms with E-state index in [1.165, 1.54) is 0 Å². The summed E-state index contributed by atoms with van der Waals surface area (Å²) in [7, 11) is -1.72. The second-order valence-corrected chi connectivity index (χ2v) is 10.6. The van der Waals surface area contributed by atoms with Gasteiger partial charge in [-0.05, 0) is 45.2 Å². The first kappa shape index (κ1) is 20.9. The molecule has 0 bridgehead atoms. The van der Waals surface area contributed by atoms with Crippen LogP contribution in [-0.4, -0.2) is 0 Å². The molecule has 0 saturated carbocycles. The maximum absolute atomic E-state index is 6.49. The van der Waals surface area contributed by atoms with Crippen LogP contribution >= 0.6 is 8.24 Å². The molecular weight excluding hydrogens is 439 g/mol. The average Bonchev–Trinajstić information content (AvgIpc) is 3.00. The van der Waals surface area contributed by atoms with E-state index in [-0.39, 0.29) is 5.41 Å². The summed E-state index contributed by atoms with van der Waals surface area (Å²) in [6.07, 6.45) is 0. The van der Waals surface area contributed by atoms with Crippen LogP contribution in [0.3, 0.4) is 0 Å². The van der Waals surface area contributed by atoms with Crippen molar-refractivity contribution in [3.05, 3.63) is 103 Å². The molecular formula is C30H25O3P. The minimum Gasteiger partial charge on any atom is -0.390 e. The minimum absolute atomic E-state index is 0.0694. The third kappa shape index (κ3) is 3.54. The van der Waals surface area contributed by atoms with Crippen LogP contribution in [0.25, 0.3) is 43.5 Å². The summed E-state index contributed by atoms with van der Waals surface area (Å²) < 4.78 is 19.4. The number of fused-ring (bicyclic) bond motifs is 7. The molecule has 0 N–H and O–H groups in total. The van der Waals surface area contributed by atoms with Crippen molar-refractivity contribution in [1.82, 2.24) is 0 Å². The maximum atomic E-state index is 6.49. The van der Waals surface area contributed by atoms with Crippen molar-refractivity contribution in [2.75, 3.05) is 0 Å². The molecule has 0 aliphatic heterocycles. The fourth-order valence-corrected chi connectivity index (χ4v) is 5.69. The number of hydrogen-bond acceptors (Lipinski definition) is 3. The fraction of sp³-hybridized carbons (Fsp3) is 0.133. The van der Waals surface area contributed by atoms with Gasteiger partial charge >= 0.3 is 8.24 Å². The van der Waals surface area contributed by atoms with Crippen molar-refractivity contribution in [3.63, 3.8) is 0 Å². The van der Waals surface area contributed by atoms with Crippen LogP contribution in [0.4, 0.5) is 0 Å². The molecule has 0 spiro atoms. The van der Waals surface area contributed by atoms with E-state index in [0.29, 0.717) is 0 Å². The van der Waals surface area contributed by atoms with E-state index >= 15 is 0 Å². The van der Waals surface area contributed by atoms with E-state index in [1.807, 2.05) is 30.3 Å². The van der Waals surface area contributed by atoms with E-state index in [2.05, 4.69) is 87.5 Å². The lowest BCUT2D eigenvalue weighted by molar-refractivity contribution is 0.478. The van der Waals surface area contributed by atoms with Gasteiger partial charge in [-0.2, -0.15) is 0 Å². The summed E-state index contributed by atoms with van der Waals surface area (Å²) in [5.41, 5.74) is 2.59. The number of benzene rings is 5. The van der Waals surface area contributed by atoms with Crippen molar-refractivity contribution in [2.24, 2.45) is 0 Å². The van der Waals surface area contributed by atoms with Crippen LogP contribution in [0.2, 0.25) is 0 Å². The molecule has 6 aromatic rings. The van der Waals surface area contributed by atoms with Gasteiger partial charge in [0.15, 0.2) is 0 Å². The van der Waals surface area contributed by atoms with Crippen molar-refractivity contribution in [1.29, 1.82) is 0 Å². The first-order chi connectivity index (χ1) is 16.5. The second-order valence-electron chi connectivity index (χ2n) is 9.56. The molecule has 6 rings (SSSR count). The Morgan fingerprint density at radius 3 is 1.65 bits per heavy atom. The standard InChI is InChI=1S/C30H25O3P/c1-30(2,3)24-14-8-9-15-25(24)31-34-32-26-18-16-20-10-4-6-12-22(20)28(26)29-23-13-7-5-11-21(23)17-19-27(29)33-34/h4-19H,1-3H3. The van der Waals surface area contributed by atoms with Gasteiger partial charge in [0.05, 0.1) is 0 Å². The Balaban J connectivity index is 1.73. The predicted octanol–water partition coefficient (Wildman–Crippen LogP) is 9.74. The minimum atomic E-state index is -1.72. The van der Waals surface area contributed by atoms with E-state index in [0.717, 1.165) is 54.8 Å². The summed E-state index contributed by atoms with van der Waals surface area (Å²) in [5, 5.41) is 6.68.